The SMILES string of the molecule is CN(C)Cc1nnc(C2CCN(Cc3ccc4c(c3)OCCO4)CC2)n1C. The Hall–Kier alpha value is -2.12. The van der Waals surface area contributed by atoms with Gasteiger partial charge in [-0.2, -0.15) is 0 Å². The van der Waals surface area contributed by atoms with Crippen molar-refractivity contribution in [2.75, 3.05) is 40.4 Å². The molecule has 2 aliphatic heterocycles. The summed E-state index contributed by atoms with van der Waals surface area (Å²) in [5, 5.41) is 8.88. The normalized spacial score (nSPS) is 18.2. The number of ether oxygens (including phenoxy) is 2. The Morgan fingerprint density at radius 3 is 2.56 bits per heavy atom. The molecule has 1 saturated heterocycles. The average Bonchev–Trinajstić information content (AvgIpc) is 3.02. The van der Waals surface area contributed by atoms with Gasteiger partial charge in [0.25, 0.3) is 0 Å². The summed E-state index contributed by atoms with van der Waals surface area (Å²) in [7, 11) is 6.21. The van der Waals surface area contributed by atoms with Gasteiger partial charge in [0.2, 0.25) is 0 Å². The summed E-state index contributed by atoms with van der Waals surface area (Å²) in [5.74, 6) is 4.40. The fourth-order valence-electron chi connectivity index (χ4n) is 3.94. The van der Waals surface area contributed by atoms with Gasteiger partial charge in [0.1, 0.15) is 24.9 Å². The molecule has 146 valence electrons. The van der Waals surface area contributed by atoms with E-state index in [9.17, 15) is 0 Å². The van der Waals surface area contributed by atoms with Crippen LogP contribution in [0.5, 0.6) is 11.5 Å². The summed E-state index contributed by atoms with van der Waals surface area (Å²) < 4.78 is 13.5. The second kappa shape index (κ2) is 7.86. The van der Waals surface area contributed by atoms with E-state index in [2.05, 4.69) is 57.8 Å². The summed E-state index contributed by atoms with van der Waals surface area (Å²) in [6.07, 6.45) is 2.25. The van der Waals surface area contributed by atoms with E-state index in [0.29, 0.717) is 19.1 Å². The summed E-state index contributed by atoms with van der Waals surface area (Å²) in [4.78, 5) is 4.64. The molecule has 0 atom stereocenters. The van der Waals surface area contributed by atoms with Gasteiger partial charge in [0.05, 0.1) is 6.54 Å². The van der Waals surface area contributed by atoms with Crippen LogP contribution in [0.4, 0.5) is 0 Å². The molecule has 0 N–H and O–H groups in total. The average molecular weight is 371 g/mol. The zero-order chi connectivity index (χ0) is 18.8. The van der Waals surface area contributed by atoms with Crippen molar-refractivity contribution >= 4 is 0 Å². The van der Waals surface area contributed by atoms with Crippen LogP contribution in [-0.2, 0) is 20.1 Å². The lowest BCUT2D eigenvalue weighted by molar-refractivity contribution is 0.170. The van der Waals surface area contributed by atoms with Crippen molar-refractivity contribution in [1.82, 2.24) is 24.6 Å². The first-order valence-electron chi connectivity index (χ1n) is 9.74. The van der Waals surface area contributed by atoms with Gasteiger partial charge >= 0.3 is 0 Å². The van der Waals surface area contributed by atoms with Crippen LogP contribution in [-0.4, -0.2) is 65.0 Å². The van der Waals surface area contributed by atoms with Crippen molar-refractivity contribution in [1.29, 1.82) is 0 Å². The van der Waals surface area contributed by atoms with E-state index in [1.807, 2.05) is 6.07 Å². The maximum atomic E-state index is 5.71. The highest BCUT2D eigenvalue weighted by atomic mass is 16.6. The van der Waals surface area contributed by atoms with Crippen molar-refractivity contribution in [3.8, 4) is 11.5 Å². The number of piperidine rings is 1. The third-order valence-electron chi connectivity index (χ3n) is 5.42. The smallest absolute Gasteiger partial charge is 0.161 e. The Bertz CT molecular complexity index is 781. The molecule has 0 amide bonds. The van der Waals surface area contributed by atoms with Gasteiger partial charge in [-0.15, -0.1) is 10.2 Å². The maximum Gasteiger partial charge on any atom is 0.161 e. The Morgan fingerprint density at radius 1 is 1.07 bits per heavy atom. The largest absolute Gasteiger partial charge is 0.486 e. The molecule has 27 heavy (non-hydrogen) atoms. The molecule has 0 radical (unpaired) electrons. The maximum absolute atomic E-state index is 5.71. The van der Waals surface area contributed by atoms with Crippen LogP contribution in [0, 0.1) is 0 Å². The molecule has 0 saturated carbocycles. The van der Waals surface area contributed by atoms with Crippen molar-refractivity contribution in [2.45, 2.75) is 31.8 Å². The molecular formula is C20H29N5O2. The van der Waals surface area contributed by atoms with Crippen LogP contribution >= 0.6 is 0 Å². The molecule has 0 spiro atoms. The van der Waals surface area contributed by atoms with Gasteiger partial charge in [0.15, 0.2) is 11.5 Å². The summed E-state index contributed by atoms with van der Waals surface area (Å²) in [5.41, 5.74) is 1.28. The van der Waals surface area contributed by atoms with E-state index in [4.69, 9.17) is 9.47 Å². The van der Waals surface area contributed by atoms with Crippen LogP contribution in [0.3, 0.4) is 0 Å². The first-order chi connectivity index (χ1) is 13.1. The van der Waals surface area contributed by atoms with Crippen LogP contribution < -0.4 is 9.47 Å². The van der Waals surface area contributed by atoms with Crippen molar-refractivity contribution in [3.05, 3.63) is 35.4 Å². The predicted octanol–water partition coefficient (Wildman–Crippen LogP) is 2.03. The van der Waals surface area contributed by atoms with Gasteiger partial charge < -0.3 is 18.9 Å². The molecule has 7 heteroatoms. The standard InChI is InChI=1S/C20H29N5O2/c1-23(2)14-19-21-22-20(24(19)3)16-6-8-25(9-7-16)13-15-4-5-17-18(12-15)27-11-10-26-17/h4-5,12,16H,6-11,13-14H2,1-3H3. The lowest BCUT2D eigenvalue weighted by Gasteiger charge is -2.31. The number of aromatic nitrogens is 3. The second-order valence-electron chi connectivity index (χ2n) is 7.80. The van der Waals surface area contributed by atoms with Gasteiger partial charge in [-0.1, -0.05) is 6.07 Å². The van der Waals surface area contributed by atoms with E-state index in [-0.39, 0.29) is 0 Å². The molecule has 2 aromatic rings. The number of rotatable bonds is 5. The molecule has 0 aliphatic carbocycles. The number of nitrogens with zero attached hydrogens (tertiary/aromatic N) is 5. The Balaban J connectivity index is 1.35. The van der Waals surface area contributed by atoms with Crippen LogP contribution in [0.2, 0.25) is 0 Å². The van der Waals surface area contributed by atoms with E-state index < -0.39 is 0 Å². The molecule has 7 nitrogen and oxygen atoms in total. The van der Waals surface area contributed by atoms with Gasteiger partial charge in [-0.25, -0.2) is 0 Å². The minimum Gasteiger partial charge on any atom is -0.486 e. The highest BCUT2D eigenvalue weighted by Crippen LogP contribution is 2.32. The fraction of sp³-hybridized carbons (Fsp3) is 0.600. The van der Waals surface area contributed by atoms with Crippen molar-refractivity contribution in [3.63, 3.8) is 0 Å². The van der Waals surface area contributed by atoms with Crippen LogP contribution in [0.25, 0.3) is 0 Å². The minimum atomic E-state index is 0.495. The highest BCUT2D eigenvalue weighted by Gasteiger charge is 2.25. The number of fused-ring (bicyclic) bond motifs is 1. The lowest BCUT2D eigenvalue weighted by Crippen LogP contribution is -2.33. The quantitative estimate of drug-likeness (QED) is 0.802. The molecule has 2 aliphatic rings. The minimum absolute atomic E-state index is 0.495. The molecule has 1 fully saturated rings. The zero-order valence-corrected chi connectivity index (χ0v) is 16.5. The molecule has 0 unspecified atom stereocenters. The highest BCUT2D eigenvalue weighted by molar-refractivity contribution is 5.43. The van der Waals surface area contributed by atoms with Crippen molar-refractivity contribution in [2.24, 2.45) is 7.05 Å². The summed E-state index contributed by atoms with van der Waals surface area (Å²) in [6.45, 7) is 5.21. The number of hydrogen-bond donors (Lipinski definition) is 0. The van der Waals surface area contributed by atoms with E-state index in [1.54, 1.807) is 0 Å². The second-order valence-corrected chi connectivity index (χ2v) is 7.80. The molecule has 1 aromatic carbocycles. The molecule has 0 bridgehead atoms. The fourth-order valence-corrected chi connectivity index (χ4v) is 3.94. The molecular weight excluding hydrogens is 342 g/mol. The molecule has 4 rings (SSSR count). The topological polar surface area (TPSA) is 55.7 Å². The summed E-state index contributed by atoms with van der Waals surface area (Å²) in [6, 6.07) is 6.30. The first-order valence-corrected chi connectivity index (χ1v) is 9.74. The predicted molar refractivity (Wildman–Crippen MR) is 103 cm³/mol. The molecule has 1 aromatic heterocycles. The monoisotopic (exact) mass is 371 g/mol. The van der Waals surface area contributed by atoms with Crippen LogP contribution in [0.15, 0.2) is 18.2 Å². The van der Waals surface area contributed by atoms with Crippen molar-refractivity contribution < 1.29 is 9.47 Å². The van der Waals surface area contributed by atoms with Crippen LogP contribution in [0.1, 0.15) is 36.0 Å². The Kier molecular flexibility index (Phi) is 5.31. The molecule has 3 heterocycles. The van der Waals surface area contributed by atoms with E-state index in [1.165, 1.54) is 5.56 Å². The Labute approximate surface area is 160 Å². The van der Waals surface area contributed by atoms with Gasteiger partial charge in [-0.3, -0.25) is 4.90 Å². The van der Waals surface area contributed by atoms with E-state index >= 15 is 0 Å². The Morgan fingerprint density at radius 2 is 1.81 bits per heavy atom. The number of likely N-dealkylation sites (tertiary alicyclic amines) is 1. The van der Waals surface area contributed by atoms with E-state index in [0.717, 1.165) is 62.2 Å². The lowest BCUT2D eigenvalue weighted by atomic mass is 9.95. The number of hydrogen-bond acceptors (Lipinski definition) is 6. The van der Waals surface area contributed by atoms with Gasteiger partial charge in [-0.05, 0) is 57.7 Å². The van der Waals surface area contributed by atoms with Gasteiger partial charge in [0, 0.05) is 19.5 Å². The third kappa shape index (κ3) is 4.09. The summed E-state index contributed by atoms with van der Waals surface area (Å²) >= 11 is 0. The third-order valence-corrected chi connectivity index (χ3v) is 5.42. The first kappa shape index (κ1) is 18.3. The zero-order valence-electron chi connectivity index (χ0n) is 16.5. The number of benzene rings is 1.